The molecule has 0 bridgehead atoms. The third-order valence-electron chi connectivity index (χ3n) is 0.570. The summed E-state index contributed by atoms with van der Waals surface area (Å²) in [6.07, 6.45) is 5.36. The molecule has 0 unspecified atom stereocenters. The van der Waals surface area contributed by atoms with E-state index >= 15 is 0 Å². The average Bonchev–Trinajstić information content (AvgIpc) is 1.72. The number of rotatable bonds is 0. The summed E-state index contributed by atoms with van der Waals surface area (Å²) in [4.78, 5) is 5.32. The van der Waals surface area contributed by atoms with Gasteiger partial charge in [-0.15, -0.1) is 0 Å². The third-order valence-corrected chi connectivity index (χ3v) is 1.89. The van der Waals surface area contributed by atoms with E-state index in [-0.39, 0.29) is 0 Å². The molecule has 0 fully saturated rings. The fourth-order valence-electron chi connectivity index (χ4n) is 0.307. The standard InChI is InChI=1S/C5H5Se/c1-2-4-6-5-3-1/h2-4H,1H2/q+1. The van der Waals surface area contributed by atoms with Crippen LogP contribution < -0.4 is 0 Å². The van der Waals surface area contributed by atoms with Crippen molar-refractivity contribution in [2.45, 2.75) is 6.42 Å². The molecule has 0 saturated heterocycles. The SMILES string of the molecule is [C+]1=CCC=C[Se]1. The Bertz CT molecular complexity index is 61.9. The second-order valence-corrected chi connectivity index (χ2v) is 2.61. The van der Waals surface area contributed by atoms with Crippen LogP contribution in [0.5, 0.6) is 0 Å². The first-order valence-corrected chi connectivity index (χ1v) is 3.72. The van der Waals surface area contributed by atoms with E-state index in [0.717, 1.165) is 6.42 Å². The van der Waals surface area contributed by atoms with Crippen molar-refractivity contribution in [3.63, 3.8) is 0 Å². The maximum atomic E-state index is 3.14. The van der Waals surface area contributed by atoms with Crippen LogP contribution in [-0.4, -0.2) is 15.0 Å². The number of hydrogen-bond acceptors (Lipinski definition) is 0. The topological polar surface area (TPSA) is 0 Å². The van der Waals surface area contributed by atoms with Crippen LogP contribution in [-0.2, 0) is 0 Å². The molecule has 0 amide bonds. The van der Waals surface area contributed by atoms with Gasteiger partial charge in [0.2, 0.25) is 0 Å². The minimum absolute atomic E-state index is 0.568. The molecule has 0 N–H and O–H groups in total. The van der Waals surface area contributed by atoms with Crippen LogP contribution in [0.1, 0.15) is 6.42 Å². The van der Waals surface area contributed by atoms with Gasteiger partial charge in [0.25, 0.3) is 0 Å². The normalized spacial score (nSPS) is 17.3. The summed E-state index contributed by atoms with van der Waals surface area (Å²) < 4.78 is 0. The van der Waals surface area contributed by atoms with Gasteiger partial charge in [-0.3, -0.25) is 0 Å². The Morgan fingerprint density at radius 3 is 2.83 bits per heavy atom. The molecule has 0 atom stereocenters. The van der Waals surface area contributed by atoms with E-state index in [0.29, 0.717) is 15.0 Å². The molecule has 0 aliphatic carbocycles. The first-order chi connectivity index (χ1) is 3.00. The zero-order valence-corrected chi connectivity index (χ0v) is 5.06. The zero-order chi connectivity index (χ0) is 4.24. The molecule has 6 heavy (non-hydrogen) atoms. The zero-order valence-electron chi connectivity index (χ0n) is 3.35. The van der Waals surface area contributed by atoms with Gasteiger partial charge in [-0.25, -0.2) is 0 Å². The fraction of sp³-hybridized carbons (Fsp3) is 0.200. The molecule has 0 spiro atoms. The first kappa shape index (κ1) is 4.08. The van der Waals surface area contributed by atoms with Crippen molar-refractivity contribution < 1.29 is 0 Å². The van der Waals surface area contributed by atoms with Gasteiger partial charge in [0.05, 0.1) is 0 Å². The molecule has 1 aliphatic heterocycles. The molecular formula is C5H5Se+. The van der Waals surface area contributed by atoms with Crippen LogP contribution in [0.4, 0.5) is 0 Å². The van der Waals surface area contributed by atoms with E-state index < -0.39 is 0 Å². The van der Waals surface area contributed by atoms with Gasteiger partial charge in [-0.05, 0) is 0 Å². The van der Waals surface area contributed by atoms with Gasteiger partial charge < -0.3 is 0 Å². The molecule has 0 radical (unpaired) electrons. The molecule has 0 aromatic heterocycles. The minimum atomic E-state index is 0.568. The van der Waals surface area contributed by atoms with E-state index in [9.17, 15) is 0 Å². The Kier molecular flexibility index (Phi) is 1.46. The summed E-state index contributed by atoms with van der Waals surface area (Å²) in [6, 6.07) is 0. The first-order valence-electron chi connectivity index (χ1n) is 1.88. The summed E-state index contributed by atoms with van der Waals surface area (Å²) in [5.41, 5.74) is 0. The average molecular weight is 144 g/mol. The molecule has 0 saturated carbocycles. The van der Waals surface area contributed by atoms with E-state index in [1.165, 1.54) is 0 Å². The number of allylic oxidation sites excluding steroid dienone is 2. The van der Waals surface area contributed by atoms with Crippen LogP contribution in [0.15, 0.2) is 17.1 Å². The van der Waals surface area contributed by atoms with Crippen LogP contribution in [0.25, 0.3) is 0 Å². The van der Waals surface area contributed by atoms with Gasteiger partial charge in [0, 0.05) is 0 Å². The summed E-state index contributed by atoms with van der Waals surface area (Å²) in [5, 5.41) is 0. The van der Waals surface area contributed by atoms with Crippen molar-refractivity contribution in [3.05, 3.63) is 22.1 Å². The fourth-order valence-corrected chi connectivity index (χ4v) is 1.31. The van der Waals surface area contributed by atoms with Crippen LogP contribution in [0.3, 0.4) is 0 Å². The van der Waals surface area contributed by atoms with Gasteiger partial charge in [-0.2, -0.15) is 0 Å². The molecule has 1 heterocycles. The van der Waals surface area contributed by atoms with Crippen molar-refractivity contribution in [1.82, 2.24) is 0 Å². The molecular weight excluding hydrogens is 139 g/mol. The van der Waals surface area contributed by atoms with Crippen molar-refractivity contribution in [3.8, 4) is 0 Å². The summed E-state index contributed by atoms with van der Waals surface area (Å²) in [7, 11) is 0. The Labute approximate surface area is 44.1 Å². The third kappa shape index (κ3) is 0.948. The molecule has 1 aliphatic rings. The number of hydrogen-bond donors (Lipinski definition) is 0. The van der Waals surface area contributed by atoms with Crippen molar-refractivity contribution >= 4 is 15.0 Å². The summed E-state index contributed by atoms with van der Waals surface area (Å²) >= 11 is 0.568. The van der Waals surface area contributed by atoms with Crippen molar-refractivity contribution in [2.24, 2.45) is 0 Å². The van der Waals surface area contributed by atoms with E-state index in [1.54, 1.807) is 0 Å². The van der Waals surface area contributed by atoms with Gasteiger partial charge in [0.1, 0.15) is 0 Å². The Hall–Kier alpha value is -0.0905. The molecule has 1 rings (SSSR count). The van der Waals surface area contributed by atoms with Crippen molar-refractivity contribution in [2.75, 3.05) is 0 Å². The molecule has 0 aromatic rings. The molecule has 0 nitrogen and oxygen atoms in total. The Morgan fingerprint density at radius 2 is 2.67 bits per heavy atom. The van der Waals surface area contributed by atoms with E-state index in [1.807, 2.05) is 0 Å². The Morgan fingerprint density at radius 1 is 1.67 bits per heavy atom. The van der Waals surface area contributed by atoms with Gasteiger partial charge in [-0.1, -0.05) is 0 Å². The predicted octanol–water partition coefficient (Wildman–Crippen LogP) is 0.925. The maximum absolute atomic E-state index is 3.14. The Balaban J connectivity index is 2.40. The monoisotopic (exact) mass is 145 g/mol. The van der Waals surface area contributed by atoms with Gasteiger partial charge >= 0.3 is 43.5 Å². The van der Waals surface area contributed by atoms with Crippen LogP contribution >= 0.6 is 0 Å². The predicted molar refractivity (Wildman–Crippen MR) is 27.3 cm³/mol. The summed E-state index contributed by atoms with van der Waals surface area (Å²) in [6.45, 7) is 0. The second kappa shape index (κ2) is 2.15. The quantitative estimate of drug-likeness (QED) is 0.350. The van der Waals surface area contributed by atoms with Gasteiger partial charge in [0.15, 0.2) is 0 Å². The van der Waals surface area contributed by atoms with Crippen molar-refractivity contribution in [1.29, 1.82) is 0 Å². The van der Waals surface area contributed by atoms with Crippen LogP contribution in [0.2, 0.25) is 0 Å². The van der Waals surface area contributed by atoms with E-state index in [2.05, 4.69) is 22.1 Å². The summed E-state index contributed by atoms with van der Waals surface area (Å²) in [5.74, 6) is 0. The van der Waals surface area contributed by atoms with E-state index in [4.69, 9.17) is 0 Å². The molecule has 30 valence electrons. The molecule has 0 aromatic carbocycles. The van der Waals surface area contributed by atoms with Crippen LogP contribution in [0, 0.1) is 4.97 Å². The second-order valence-electron chi connectivity index (χ2n) is 1.05. The molecule has 1 heteroatoms.